The Kier molecular flexibility index (Phi) is 4.92. The van der Waals surface area contributed by atoms with Crippen LogP contribution in [0.4, 0.5) is 24.8 Å². The van der Waals surface area contributed by atoms with Gasteiger partial charge in [-0.05, 0) is 19.1 Å². The monoisotopic (exact) mass is 327 g/mol. The van der Waals surface area contributed by atoms with Crippen LogP contribution in [0.1, 0.15) is 12.5 Å². The largest absolute Gasteiger partial charge is 0.495 e. The highest BCUT2D eigenvalue weighted by Gasteiger charge is 2.36. The number of ether oxygens (including phenoxy) is 2. The van der Waals surface area contributed by atoms with Crippen LogP contribution in [0.15, 0.2) is 30.5 Å². The Bertz CT molecular complexity index is 677. The maximum atomic E-state index is 12.9. The zero-order valence-corrected chi connectivity index (χ0v) is 12.9. The number of methoxy groups -OCH3 is 2. The molecule has 0 fully saturated rings. The van der Waals surface area contributed by atoms with Crippen molar-refractivity contribution in [2.45, 2.75) is 13.1 Å². The van der Waals surface area contributed by atoms with Gasteiger partial charge in [0.2, 0.25) is 11.8 Å². The van der Waals surface area contributed by atoms with Crippen LogP contribution in [0.3, 0.4) is 0 Å². The molecular weight excluding hydrogens is 311 g/mol. The summed E-state index contributed by atoms with van der Waals surface area (Å²) in [6, 6.07) is 7.11. The lowest BCUT2D eigenvalue weighted by Crippen LogP contribution is -2.21. The summed E-state index contributed by atoms with van der Waals surface area (Å²) in [6.07, 6.45) is -3.86. The lowest BCUT2D eigenvalue weighted by atomic mass is 10.2. The molecule has 0 amide bonds. The molecule has 1 aromatic heterocycles. The van der Waals surface area contributed by atoms with E-state index < -0.39 is 17.6 Å². The number of rotatable bonds is 5. The van der Waals surface area contributed by atoms with E-state index in [2.05, 4.69) is 9.97 Å². The molecule has 8 heteroatoms. The molecule has 2 aromatic rings. The third-order valence-corrected chi connectivity index (χ3v) is 3.17. The van der Waals surface area contributed by atoms with Gasteiger partial charge in [-0.1, -0.05) is 12.1 Å². The lowest BCUT2D eigenvalue weighted by Gasteiger charge is -2.23. The van der Waals surface area contributed by atoms with Crippen LogP contribution in [-0.2, 0) is 6.18 Å². The van der Waals surface area contributed by atoms with Crippen molar-refractivity contribution in [3.05, 3.63) is 36.0 Å². The summed E-state index contributed by atoms with van der Waals surface area (Å²) in [6.45, 7) is 2.27. The first-order valence-corrected chi connectivity index (χ1v) is 6.81. The molecule has 0 unspecified atom stereocenters. The van der Waals surface area contributed by atoms with Crippen LogP contribution in [0.25, 0.3) is 0 Å². The number of para-hydroxylation sites is 2. The highest BCUT2D eigenvalue weighted by Crippen LogP contribution is 2.37. The van der Waals surface area contributed by atoms with E-state index in [-0.39, 0.29) is 5.95 Å². The van der Waals surface area contributed by atoms with Gasteiger partial charge >= 0.3 is 6.18 Å². The maximum absolute atomic E-state index is 12.9. The van der Waals surface area contributed by atoms with Gasteiger partial charge in [0.25, 0.3) is 0 Å². The first-order valence-electron chi connectivity index (χ1n) is 6.81. The molecule has 1 heterocycles. The molecule has 0 bridgehead atoms. The predicted molar refractivity (Wildman–Crippen MR) is 79.3 cm³/mol. The summed E-state index contributed by atoms with van der Waals surface area (Å²) >= 11 is 0. The van der Waals surface area contributed by atoms with Gasteiger partial charge in [-0.3, -0.25) is 0 Å². The Balaban J connectivity index is 2.51. The zero-order valence-electron chi connectivity index (χ0n) is 12.9. The van der Waals surface area contributed by atoms with E-state index >= 15 is 0 Å². The first-order chi connectivity index (χ1) is 10.9. The molecule has 1 aromatic carbocycles. The third-order valence-electron chi connectivity index (χ3n) is 3.17. The van der Waals surface area contributed by atoms with Gasteiger partial charge in [-0.15, -0.1) is 0 Å². The molecule has 5 nitrogen and oxygen atoms in total. The summed E-state index contributed by atoms with van der Waals surface area (Å²) in [5.41, 5.74) is -0.362. The number of hydrogen-bond donors (Lipinski definition) is 0. The molecule has 0 atom stereocenters. The van der Waals surface area contributed by atoms with Gasteiger partial charge in [0.1, 0.15) is 11.3 Å². The summed E-state index contributed by atoms with van der Waals surface area (Å²) in [4.78, 5) is 9.37. The quantitative estimate of drug-likeness (QED) is 0.838. The molecule has 0 aliphatic rings. The van der Waals surface area contributed by atoms with E-state index in [9.17, 15) is 13.2 Å². The van der Waals surface area contributed by atoms with Crippen molar-refractivity contribution >= 4 is 11.6 Å². The minimum absolute atomic E-state index is 0.0989. The van der Waals surface area contributed by atoms with Crippen molar-refractivity contribution in [2.75, 3.05) is 25.7 Å². The van der Waals surface area contributed by atoms with Gasteiger partial charge in [-0.25, -0.2) is 4.98 Å². The predicted octanol–water partition coefficient (Wildman–Crippen LogP) is 3.67. The van der Waals surface area contributed by atoms with E-state index in [0.717, 1.165) is 13.3 Å². The molecule has 0 saturated carbocycles. The molecule has 0 spiro atoms. The summed E-state index contributed by atoms with van der Waals surface area (Å²) in [5, 5.41) is 0. The number of hydrogen-bond acceptors (Lipinski definition) is 5. The Labute approximate surface area is 131 Å². The minimum Gasteiger partial charge on any atom is -0.495 e. The number of halogens is 3. The van der Waals surface area contributed by atoms with Crippen molar-refractivity contribution in [1.29, 1.82) is 0 Å². The van der Waals surface area contributed by atoms with Crippen molar-refractivity contribution in [1.82, 2.24) is 9.97 Å². The average molecular weight is 327 g/mol. The fourth-order valence-electron chi connectivity index (χ4n) is 2.11. The van der Waals surface area contributed by atoms with Crippen LogP contribution in [0, 0.1) is 0 Å². The summed E-state index contributed by atoms with van der Waals surface area (Å²) in [7, 11) is 2.65. The normalized spacial score (nSPS) is 11.2. The number of aromatic nitrogens is 2. The second-order valence-electron chi connectivity index (χ2n) is 4.51. The topological polar surface area (TPSA) is 47.5 Å². The van der Waals surface area contributed by atoms with Crippen molar-refractivity contribution < 1.29 is 22.6 Å². The van der Waals surface area contributed by atoms with Gasteiger partial charge in [0.05, 0.1) is 19.9 Å². The fraction of sp³-hybridized carbons (Fsp3) is 0.333. The molecule has 0 N–H and O–H groups in total. The van der Waals surface area contributed by atoms with Crippen LogP contribution in [-0.4, -0.2) is 30.7 Å². The Morgan fingerprint density at radius 2 is 1.83 bits per heavy atom. The third kappa shape index (κ3) is 3.46. The molecule has 23 heavy (non-hydrogen) atoms. The fourth-order valence-corrected chi connectivity index (χ4v) is 2.11. The molecular formula is C15H16F3N3O2. The van der Waals surface area contributed by atoms with E-state index in [1.54, 1.807) is 29.2 Å². The number of nitrogens with zero attached hydrogens (tertiary/aromatic N) is 3. The first kappa shape index (κ1) is 16.9. The number of benzene rings is 1. The maximum Gasteiger partial charge on any atom is 0.423 e. The van der Waals surface area contributed by atoms with Crippen LogP contribution < -0.4 is 14.4 Å². The van der Waals surface area contributed by atoms with Crippen LogP contribution in [0.2, 0.25) is 0 Å². The smallest absolute Gasteiger partial charge is 0.423 e. The zero-order chi connectivity index (χ0) is 17.0. The van der Waals surface area contributed by atoms with Crippen molar-refractivity contribution in [3.8, 4) is 11.6 Å². The standard InChI is InChI=1S/C15H16F3N3O2/c1-4-21(11-7-5-6-8-12(11)22-2)14-19-9-10(15(16,17)18)13(20-14)23-3/h5-9H,4H2,1-3H3. The molecule has 0 saturated heterocycles. The van der Waals surface area contributed by atoms with Crippen LogP contribution in [0.5, 0.6) is 11.6 Å². The van der Waals surface area contributed by atoms with E-state index in [4.69, 9.17) is 9.47 Å². The molecule has 2 rings (SSSR count). The molecule has 0 radical (unpaired) electrons. The second kappa shape index (κ2) is 6.72. The Hall–Kier alpha value is -2.51. The van der Waals surface area contributed by atoms with Gasteiger partial charge in [0.15, 0.2) is 0 Å². The number of alkyl halides is 3. The van der Waals surface area contributed by atoms with E-state index in [0.29, 0.717) is 18.0 Å². The lowest BCUT2D eigenvalue weighted by molar-refractivity contribution is -0.139. The van der Waals surface area contributed by atoms with Crippen LogP contribution >= 0.6 is 0 Å². The van der Waals surface area contributed by atoms with Gasteiger partial charge in [0, 0.05) is 12.7 Å². The summed E-state index contributed by atoms with van der Waals surface area (Å²) < 4.78 is 48.7. The average Bonchev–Trinajstić information content (AvgIpc) is 2.55. The van der Waals surface area contributed by atoms with E-state index in [1.807, 2.05) is 6.92 Å². The summed E-state index contributed by atoms with van der Waals surface area (Å²) in [5.74, 6) is 0.148. The van der Waals surface area contributed by atoms with Gasteiger partial charge < -0.3 is 14.4 Å². The Morgan fingerprint density at radius 3 is 2.39 bits per heavy atom. The Morgan fingerprint density at radius 1 is 1.13 bits per heavy atom. The molecule has 0 aliphatic heterocycles. The van der Waals surface area contributed by atoms with Gasteiger partial charge in [-0.2, -0.15) is 18.2 Å². The highest BCUT2D eigenvalue weighted by molar-refractivity contribution is 5.65. The highest BCUT2D eigenvalue weighted by atomic mass is 19.4. The molecule has 0 aliphatic carbocycles. The second-order valence-corrected chi connectivity index (χ2v) is 4.51. The number of anilines is 2. The van der Waals surface area contributed by atoms with Crippen molar-refractivity contribution in [2.24, 2.45) is 0 Å². The SMILES string of the molecule is CCN(c1ncc(C(F)(F)F)c(OC)n1)c1ccccc1OC. The van der Waals surface area contributed by atoms with E-state index in [1.165, 1.54) is 7.11 Å². The van der Waals surface area contributed by atoms with Crippen molar-refractivity contribution in [3.63, 3.8) is 0 Å². The minimum atomic E-state index is -4.58. The molecule has 124 valence electrons.